The summed E-state index contributed by atoms with van der Waals surface area (Å²) < 4.78 is 24.8. The molecule has 0 amide bonds. The minimum absolute atomic E-state index is 0.227. The Bertz CT molecular complexity index is 326. The van der Waals surface area contributed by atoms with E-state index in [0.717, 1.165) is 4.68 Å². The highest BCUT2D eigenvalue weighted by atomic mass is 79.9. The van der Waals surface area contributed by atoms with Gasteiger partial charge in [-0.25, -0.2) is 13.6 Å². The lowest BCUT2D eigenvalue weighted by Crippen LogP contribution is -2.14. The molecular weight excluding hydrogens is 250 g/mol. The van der Waals surface area contributed by atoms with Crippen molar-refractivity contribution in [2.45, 2.75) is 13.0 Å². The molecule has 72 valence electrons. The van der Waals surface area contributed by atoms with Gasteiger partial charge in [-0.05, 0) is 15.9 Å². The van der Waals surface area contributed by atoms with E-state index in [9.17, 15) is 13.6 Å². The number of aromatic carboxylic acids is 1. The van der Waals surface area contributed by atoms with Crippen LogP contribution in [0.3, 0.4) is 0 Å². The van der Waals surface area contributed by atoms with E-state index >= 15 is 0 Å². The minimum atomic E-state index is -2.62. The normalized spacial score (nSPS) is 10.8. The summed E-state index contributed by atoms with van der Waals surface area (Å²) in [7, 11) is 0. The Morgan fingerprint density at radius 3 is 2.85 bits per heavy atom. The van der Waals surface area contributed by atoms with Gasteiger partial charge in [-0.2, -0.15) is 5.10 Å². The van der Waals surface area contributed by atoms with Crippen LogP contribution in [0.5, 0.6) is 0 Å². The van der Waals surface area contributed by atoms with E-state index in [1.165, 1.54) is 6.07 Å². The van der Waals surface area contributed by atoms with Gasteiger partial charge in [-0.3, -0.25) is 4.68 Å². The van der Waals surface area contributed by atoms with E-state index < -0.39 is 18.9 Å². The second-order valence-electron chi connectivity index (χ2n) is 2.23. The Labute approximate surface area is 80.3 Å². The lowest BCUT2D eigenvalue weighted by atomic mass is 10.4. The Morgan fingerprint density at radius 2 is 2.38 bits per heavy atom. The van der Waals surface area contributed by atoms with Gasteiger partial charge in [0.2, 0.25) is 0 Å². The van der Waals surface area contributed by atoms with Crippen LogP contribution in [0.25, 0.3) is 0 Å². The van der Waals surface area contributed by atoms with Gasteiger partial charge in [0.15, 0.2) is 0 Å². The topological polar surface area (TPSA) is 55.1 Å². The molecule has 0 bridgehead atoms. The summed E-state index contributed by atoms with van der Waals surface area (Å²) >= 11 is 2.90. The number of carboxylic acid groups (broad SMARTS) is 1. The van der Waals surface area contributed by atoms with Gasteiger partial charge >= 0.3 is 5.97 Å². The monoisotopic (exact) mass is 254 g/mol. The van der Waals surface area contributed by atoms with Crippen molar-refractivity contribution in [1.29, 1.82) is 0 Å². The van der Waals surface area contributed by atoms with E-state index in [1.54, 1.807) is 0 Å². The number of aromatic nitrogens is 2. The van der Waals surface area contributed by atoms with Crippen molar-refractivity contribution in [1.82, 2.24) is 9.78 Å². The van der Waals surface area contributed by atoms with Crippen LogP contribution in [0.15, 0.2) is 10.7 Å². The van der Waals surface area contributed by atoms with Crippen molar-refractivity contribution < 1.29 is 18.7 Å². The number of rotatable bonds is 3. The van der Waals surface area contributed by atoms with Crippen LogP contribution >= 0.6 is 15.9 Å². The predicted molar refractivity (Wildman–Crippen MR) is 42.9 cm³/mol. The van der Waals surface area contributed by atoms with E-state index in [1.807, 2.05) is 0 Å². The first-order valence-corrected chi connectivity index (χ1v) is 4.05. The highest BCUT2D eigenvalue weighted by Gasteiger charge is 2.15. The average molecular weight is 255 g/mol. The highest BCUT2D eigenvalue weighted by Crippen LogP contribution is 2.12. The third-order valence-corrected chi connectivity index (χ3v) is 1.67. The zero-order valence-corrected chi connectivity index (χ0v) is 7.83. The molecule has 0 unspecified atom stereocenters. The second kappa shape index (κ2) is 3.82. The molecule has 0 saturated carbocycles. The summed E-state index contributed by atoms with van der Waals surface area (Å²) in [5.41, 5.74) is -0.257. The first-order chi connectivity index (χ1) is 6.00. The number of carbonyl (C=O) groups is 1. The molecule has 1 rings (SSSR count). The molecular formula is C6H5BrF2N2O2. The molecule has 7 heteroatoms. The van der Waals surface area contributed by atoms with E-state index in [-0.39, 0.29) is 10.3 Å². The SMILES string of the molecule is O=C(O)c1cc(Br)nn1CC(F)F. The largest absolute Gasteiger partial charge is 0.477 e. The molecule has 0 fully saturated rings. The predicted octanol–water partition coefficient (Wildman–Crippen LogP) is 1.61. The van der Waals surface area contributed by atoms with Crippen molar-refractivity contribution in [2.75, 3.05) is 0 Å². The maximum atomic E-state index is 11.9. The van der Waals surface area contributed by atoms with Gasteiger partial charge in [0.05, 0.1) is 0 Å². The average Bonchev–Trinajstić information content (AvgIpc) is 2.29. The molecule has 1 aromatic heterocycles. The second-order valence-corrected chi connectivity index (χ2v) is 3.04. The van der Waals surface area contributed by atoms with E-state index in [4.69, 9.17) is 5.11 Å². The summed E-state index contributed by atoms with van der Waals surface area (Å²) in [5, 5.41) is 12.1. The van der Waals surface area contributed by atoms with E-state index in [0.29, 0.717) is 0 Å². The van der Waals surface area contributed by atoms with Gasteiger partial charge in [0.25, 0.3) is 6.43 Å². The van der Waals surface area contributed by atoms with Crippen LogP contribution in [0, 0.1) is 0 Å². The summed E-state index contributed by atoms with van der Waals surface area (Å²) in [4.78, 5) is 10.5. The van der Waals surface area contributed by atoms with Crippen molar-refractivity contribution in [3.63, 3.8) is 0 Å². The van der Waals surface area contributed by atoms with Gasteiger partial charge < -0.3 is 5.11 Å². The quantitative estimate of drug-likeness (QED) is 0.892. The number of alkyl halides is 2. The van der Waals surface area contributed by atoms with Crippen LogP contribution in [0.1, 0.15) is 10.5 Å². The number of hydrogen-bond acceptors (Lipinski definition) is 2. The molecule has 0 saturated heterocycles. The molecule has 1 N–H and O–H groups in total. The van der Waals surface area contributed by atoms with Crippen molar-refractivity contribution in [2.24, 2.45) is 0 Å². The van der Waals surface area contributed by atoms with Crippen molar-refractivity contribution in [3.05, 3.63) is 16.4 Å². The summed E-state index contributed by atoms with van der Waals surface area (Å²) in [5.74, 6) is -1.28. The van der Waals surface area contributed by atoms with Crippen LogP contribution in [0.4, 0.5) is 8.78 Å². The standard InChI is InChI=1S/C6H5BrF2N2O2/c7-4-1-3(6(12)13)11(10-4)2-5(8)9/h1,5H,2H2,(H,12,13). The van der Waals surface area contributed by atoms with Crippen molar-refractivity contribution >= 4 is 21.9 Å². The van der Waals surface area contributed by atoms with E-state index in [2.05, 4.69) is 21.0 Å². The number of hydrogen-bond donors (Lipinski definition) is 1. The zero-order chi connectivity index (χ0) is 10.0. The summed E-state index contributed by atoms with van der Waals surface area (Å²) in [6.07, 6.45) is -2.62. The molecule has 1 heterocycles. The molecule has 0 aromatic carbocycles. The van der Waals surface area contributed by atoms with Crippen LogP contribution in [0.2, 0.25) is 0 Å². The first kappa shape index (κ1) is 10.1. The lowest BCUT2D eigenvalue weighted by Gasteiger charge is -2.01. The third-order valence-electron chi connectivity index (χ3n) is 1.28. The molecule has 13 heavy (non-hydrogen) atoms. The molecule has 0 radical (unpaired) electrons. The van der Waals surface area contributed by atoms with Gasteiger partial charge in [-0.15, -0.1) is 0 Å². The molecule has 0 aliphatic heterocycles. The molecule has 1 aromatic rings. The minimum Gasteiger partial charge on any atom is -0.477 e. The fourth-order valence-corrected chi connectivity index (χ4v) is 1.24. The lowest BCUT2D eigenvalue weighted by molar-refractivity contribution is 0.0671. The molecule has 4 nitrogen and oxygen atoms in total. The van der Waals surface area contributed by atoms with Crippen LogP contribution < -0.4 is 0 Å². The highest BCUT2D eigenvalue weighted by molar-refractivity contribution is 9.10. The molecule has 0 aliphatic rings. The summed E-state index contributed by atoms with van der Waals surface area (Å²) in [6, 6.07) is 1.17. The molecule has 0 spiro atoms. The fraction of sp³-hybridized carbons (Fsp3) is 0.333. The smallest absolute Gasteiger partial charge is 0.354 e. The Morgan fingerprint density at radius 1 is 1.77 bits per heavy atom. The number of halogens is 3. The van der Waals surface area contributed by atoms with Gasteiger partial charge in [0, 0.05) is 6.07 Å². The fourth-order valence-electron chi connectivity index (χ4n) is 0.827. The van der Waals surface area contributed by atoms with Crippen LogP contribution in [-0.4, -0.2) is 27.3 Å². The number of nitrogens with zero attached hydrogens (tertiary/aromatic N) is 2. The number of carboxylic acids is 1. The van der Waals surface area contributed by atoms with Gasteiger partial charge in [-0.1, -0.05) is 0 Å². The Kier molecular flexibility index (Phi) is 2.97. The maximum absolute atomic E-state index is 11.9. The molecule has 0 atom stereocenters. The van der Waals surface area contributed by atoms with Gasteiger partial charge in [0.1, 0.15) is 16.8 Å². The Balaban J connectivity index is 2.97. The summed E-state index contributed by atoms with van der Waals surface area (Å²) in [6.45, 7) is -0.715. The molecule has 0 aliphatic carbocycles. The maximum Gasteiger partial charge on any atom is 0.354 e. The zero-order valence-electron chi connectivity index (χ0n) is 6.25. The van der Waals surface area contributed by atoms with Crippen LogP contribution in [-0.2, 0) is 6.54 Å². The third kappa shape index (κ3) is 2.48. The first-order valence-electron chi connectivity index (χ1n) is 3.25. The van der Waals surface area contributed by atoms with Crippen molar-refractivity contribution in [3.8, 4) is 0 Å². The Hall–Kier alpha value is -0.980.